The minimum atomic E-state index is -3.49. The van der Waals surface area contributed by atoms with Crippen LogP contribution in [0, 0.1) is 13.8 Å². The van der Waals surface area contributed by atoms with Gasteiger partial charge in [-0.25, -0.2) is 0 Å². The van der Waals surface area contributed by atoms with Crippen molar-refractivity contribution in [3.8, 4) is 0 Å². The Kier molecular flexibility index (Phi) is 3.63. The smallest absolute Gasteiger partial charge is 0.280 e. The number of anilines is 1. The molecule has 2 rings (SSSR count). The predicted molar refractivity (Wildman–Crippen MR) is 70.6 cm³/mol. The van der Waals surface area contributed by atoms with Gasteiger partial charge in [0, 0.05) is 23.8 Å². The zero-order chi connectivity index (χ0) is 13.3. The molecule has 0 radical (unpaired) electrons. The van der Waals surface area contributed by atoms with E-state index in [4.69, 9.17) is 0 Å². The molecular weight excluding hydrogens is 252 g/mol. The summed E-state index contributed by atoms with van der Waals surface area (Å²) >= 11 is 0. The molecule has 1 aromatic heterocycles. The van der Waals surface area contributed by atoms with Gasteiger partial charge in [0.1, 0.15) is 0 Å². The zero-order valence-corrected chi connectivity index (χ0v) is 11.8. The van der Waals surface area contributed by atoms with Crippen molar-refractivity contribution < 1.29 is 8.42 Å². The van der Waals surface area contributed by atoms with Crippen molar-refractivity contribution in [1.29, 1.82) is 0 Å². The van der Waals surface area contributed by atoms with E-state index < -0.39 is 10.2 Å². The first kappa shape index (κ1) is 13.4. The van der Waals surface area contributed by atoms with Crippen LogP contribution in [0.5, 0.6) is 0 Å². The second-order valence-electron chi connectivity index (χ2n) is 4.88. The Morgan fingerprint density at radius 1 is 1.39 bits per heavy atom. The molecule has 102 valence electrons. The van der Waals surface area contributed by atoms with Crippen molar-refractivity contribution in [3.63, 3.8) is 0 Å². The Balaban J connectivity index is 2.19. The minimum Gasteiger partial charge on any atom is -0.280 e. The first-order valence-corrected chi connectivity index (χ1v) is 7.67. The van der Waals surface area contributed by atoms with Gasteiger partial charge < -0.3 is 0 Å². The molecule has 18 heavy (non-hydrogen) atoms. The van der Waals surface area contributed by atoms with Crippen LogP contribution in [0.2, 0.25) is 0 Å². The maximum atomic E-state index is 12.3. The molecule has 6 nitrogen and oxygen atoms in total. The quantitative estimate of drug-likeness (QED) is 0.876. The van der Waals surface area contributed by atoms with E-state index in [-0.39, 0.29) is 6.04 Å². The standard InChI is InChI=1S/C11H20N4O2S/c1-8-6-4-5-7-15(8)18(16,17)14-11-9(2)10(3)12-13-11/h8H,4-7H2,1-3H3,(H2,12,13,14). The number of piperidine rings is 1. The molecule has 1 saturated heterocycles. The van der Waals surface area contributed by atoms with E-state index in [2.05, 4.69) is 14.9 Å². The van der Waals surface area contributed by atoms with Crippen molar-refractivity contribution in [2.24, 2.45) is 0 Å². The van der Waals surface area contributed by atoms with Gasteiger partial charge in [-0.05, 0) is 33.6 Å². The Morgan fingerprint density at radius 2 is 2.11 bits per heavy atom. The van der Waals surface area contributed by atoms with Crippen LogP contribution in [-0.2, 0) is 10.2 Å². The predicted octanol–water partition coefficient (Wildman–Crippen LogP) is 1.56. The maximum absolute atomic E-state index is 12.3. The third kappa shape index (κ3) is 2.51. The number of nitrogens with zero attached hydrogens (tertiary/aromatic N) is 2. The van der Waals surface area contributed by atoms with Gasteiger partial charge in [-0.1, -0.05) is 6.42 Å². The fourth-order valence-corrected chi connectivity index (χ4v) is 3.70. The van der Waals surface area contributed by atoms with Crippen LogP contribution < -0.4 is 4.72 Å². The lowest BCUT2D eigenvalue weighted by Crippen LogP contribution is -2.44. The molecule has 1 fully saturated rings. The van der Waals surface area contributed by atoms with Crippen LogP contribution in [0.15, 0.2) is 0 Å². The summed E-state index contributed by atoms with van der Waals surface area (Å²) in [5, 5.41) is 6.76. The second-order valence-corrected chi connectivity index (χ2v) is 6.51. The van der Waals surface area contributed by atoms with Crippen LogP contribution in [0.3, 0.4) is 0 Å². The molecule has 0 aliphatic carbocycles. The number of hydrogen-bond acceptors (Lipinski definition) is 3. The molecule has 2 N–H and O–H groups in total. The van der Waals surface area contributed by atoms with Gasteiger partial charge in [-0.15, -0.1) is 0 Å². The van der Waals surface area contributed by atoms with Gasteiger partial charge in [0.25, 0.3) is 0 Å². The van der Waals surface area contributed by atoms with E-state index in [1.807, 2.05) is 20.8 Å². The normalized spacial score (nSPS) is 22.1. The van der Waals surface area contributed by atoms with Crippen molar-refractivity contribution in [1.82, 2.24) is 14.5 Å². The highest BCUT2D eigenvalue weighted by Gasteiger charge is 2.30. The molecule has 0 aromatic carbocycles. The highest BCUT2D eigenvalue weighted by molar-refractivity contribution is 7.90. The summed E-state index contributed by atoms with van der Waals surface area (Å²) in [5.41, 5.74) is 1.71. The van der Waals surface area contributed by atoms with Gasteiger partial charge >= 0.3 is 10.2 Å². The SMILES string of the molecule is Cc1[nH]nc(NS(=O)(=O)N2CCCCC2C)c1C. The summed E-state index contributed by atoms with van der Waals surface area (Å²) < 4.78 is 28.7. The number of hydrogen-bond donors (Lipinski definition) is 2. The number of aromatic amines is 1. The lowest BCUT2D eigenvalue weighted by atomic mass is 10.1. The van der Waals surface area contributed by atoms with E-state index in [1.165, 1.54) is 4.31 Å². The highest BCUT2D eigenvalue weighted by Crippen LogP contribution is 2.22. The van der Waals surface area contributed by atoms with E-state index >= 15 is 0 Å². The fraction of sp³-hybridized carbons (Fsp3) is 0.727. The molecule has 7 heteroatoms. The molecule has 2 heterocycles. The van der Waals surface area contributed by atoms with E-state index in [0.29, 0.717) is 12.4 Å². The Bertz CT molecular complexity index is 523. The van der Waals surface area contributed by atoms with Crippen LogP contribution in [-0.4, -0.2) is 35.5 Å². The second kappa shape index (κ2) is 4.89. The summed E-state index contributed by atoms with van der Waals surface area (Å²) in [7, 11) is -3.49. The summed E-state index contributed by atoms with van der Waals surface area (Å²) in [6.07, 6.45) is 2.93. The Labute approximate surface area is 108 Å². The van der Waals surface area contributed by atoms with Crippen LogP contribution in [0.4, 0.5) is 5.82 Å². The summed E-state index contributed by atoms with van der Waals surface area (Å²) in [4.78, 5) is 0. The lowest BCUT2D eigenvalue weighted by Gasteiger charge is -2.32. The van der Waals surface area contributed by atoms with Crippen molar-refractivity contribution >= 4 is 16.0 Å². The fourth-order valence-electron chi connectivity index (χ4n) is 2.19. The molecule has 0 amide bonds. The monoisotopic (exact) mass is 272 g/mol. The number of aromatic nitrogens is 2. The molecule has 1 aliphatic heterocycles. The van der Waals surface area contributed by atoms with Crippen LogP contribution >= 0.6 is 0 Å². The van der Waals surface area contributed by atoms with Gasteiger partial charge in [0.05, 0.1) is 0 Å². The largest absolute Gasteiger partial charge is 0.303 e. The van der Waals surface area contributed by atoms with E-state index in [9.17, 15) is 8.42 Å². The van der Waals surface area contributed by atoms with Crippen molar-refractivity contribution in [3.05, 3.63) is 11.3 Å². The molecule has 1 unspecified atom stereocenters. The lowest BCUT2D eigenvalue weighted by molar-refractivity contribution is 0.270. The molecule has 1 aromatic rings. The maximum Gasteiger partial charge on any atom is 0.303 e. The molecule has 1 atom stereocenters. The minimum absolute atomic E-state index is 0.0524. The summed E-state index contributed by atoms with van der Waals surface area (Å²) in [6, 6.07) is 0.0524. The van der Waals surface area contributed by atoms with Gasteiger partial charge in [-0.3, -0.25) is 9.82 Å². The van der Waals surface area contributed by atoms with E-state index in [1.54, 1.807) is 0 Å². The third-order valence-electron chi connectivity index (χ3n) is 3.53. The zero-order valence-electron chi connectivity index (χ0n) is 11.0. The van der Waals surface area contributed by atoms with Crippen molar-refractivity contribution in [2.75, 3.05) is 11.3 Å². The topological polar surface area (TPSA) is 78.1 Å². The average Bonchev–Trinajstić information content (AvgIpc) is 2.61. The molecular formula is C11H20N4O2S. The number of nitrogens with one attached hydrogen (secondary N) is 2. The number of rotatable bonds is 3. The molecule has 0 saturated carbocycles. The number of aryl methyl sites for hydroxylation is 1. The first-order chi connectivity index (χ1) is 8.42. The van der Waals surface area contributed by atoms with E-state index in [0.717, 1.165) is 30.5 Å². The molecule has 1 aliphatic rings. The Morgan fingerprint density at radius 3 is 2.67 bits per heavy atom. The van der Waals surface area contributed by atoms with Gasteiger partial charge in [0.15, 0.2) is 5.82 Å². The van der Waals surface area contributed by atoms with Gasteiger partial charge in [-0.2, -0.15) is 17.8 Å². The Hall–Kier alpha value is -1.08. The first-order valence-electron chi connectivity index (χ1n) is 6.23. The highest BCUT2D eigenvalue weighted by atomic mass is 32.2. The van der Waals surface area contributed by atoms with Crippen LogP contribution in [0.1, 0.15) is 37.4 Å². The third-order valence-corrected chi connectivity index (χ3v) is 5.14. The van der Waals surface area contributed by atoms with Gasteiger partial charge in [0.2, 0.25) is 0 Å². The molecule has 0 spiro atoms. The molecule has 0 bridgehead atoms. The van der Waals surface area contributed by atoms with Crippen molar-refractivity contribution in [2.45, 2.75) is 46.1 Å². The summed E-state index contributed by atoms with van der Waals surface area (Å²) in [5.74, 6) is 0.394. The van der Waals surface area contributed by atoms with Crippen LogP contribution in [0.25, 0.3) is 0 Å². The summed E-state index contributed by atoms with van der Waals surface area (Å²) in [6.45, 7) is 6.24. The average molecular weight is 272 g/mol. The number of H-pyrrole nitrogens is 1.